The van der Waals surface area contributed by atoms with Crippen LogP contribution in [0.4, 0.5) is 4.39 Å². The minimum atomic E-state index is -0.416. The van der Waals surface area contributed by atoms with Crippen LogP contribution in [-0.2, 0) is 0 Å². The number of hydrogen-bond acceptors (Lipinski definition) is 2. The van der Waals surface area contributed by atoms with Gasteiger partial charge in [-0.2, -0.15) is 0 Å². The van der Waals surface area contributed by atoms with Crippen molar-refractivity contribution < 1.29 is 13.9 Å². The number of hydrogen-bond donors (Lipinski definition) is 0. The number of Topliss-reactive ketones (excluding diaryl/α,β-unsaturated/α-hetero) is 1. The number of aryl methyl sites for hydroxylation is 2. The molecule has 0 aliphatic heterocycles. The van der Waals surface area contributed by atoms with Crippen molar-refractivity contribution in [1.29, 1.82) is 0 Å². The second kappa shape index (κ2) is 6.18. The van der Waals surface area contributed by atoms with Crippen LogP contribution in [0.15, 0.2) is 40.9 Å². The van der Waals surface area contributed by atoms with E-state index in [2.05, 4.69) is 15.9 Å². The molecule has 0 spiro atoms. The lowest BCUT2D eigenvalue weighted by Gasteiger charge is -2.07. The standard InChI is InChI=1S/C16H14BrFO2/c1-10-3-4-12(7-11(10)2)16(19)9-20-13-5-6-14(17)15(18)8-13/h3-8H,9H2,1-2H3. The highest BCUT2D eigenvalue weighted by Gasteiger charge is 2.09. The fraction of sp³-hybridized carbons (Fsp3) is 0.188. The van der Waals surface area contributed by atoms with E-state index >= 15 is 0 Å². The molecule has 20 heavy (non-hydrogen) atoms. The highest BCUT2D eigenvalue weighted by molar-refractivity contribution is 9.10. The van der Waals surface area contributed by atoms with Gasteiger partial charge in [0.2, 0.25) is 0 Å². The molecule has 0 saturated heterocycles. The number of carbonyl (C=O) groups excluding carboxylic acids is 1. The van der Waals surface area contributed by atoms with Crippen molar-refractivity contribution in [3.05, 3.63) is 63.4 Å². The summed E-state index contributed by atoms with van der Waals surface area (Å²) < 4.78 is 19.0. The van der Waals surface area contributed by atoms with Crippen LogP contribution in [0.2, 0.25) is 0 Å². The van der Waals surface area contributed by atoms with E-state index in [0.717, 1.165) is 11.1 Å². The molecule has 2 rings (SSSR count). The van der Waals surface area contributed by atoms with Gasteiger partial charge in [-0.15, -0.1) is 0 Å². The summed E-state index contributed by atoms with van der Waals surface area (Å²) in [7, 11) is 0. The number of halogens is 2. The van der Waals surface area contributed by atoms with Crippen molar-refractivity contribution >= 4 is 21.7 Å². The largest absolute Gasteiger partial charge is 0.485 e. The molecule has 104 valence electrons. The molecule has 2 aromatic carbocycles. The summed E-state index contributed by atoms with van der Waals surface area (Å²) in [4.78, 5) is 12.0. The first-order valence-corrected chi connectivity index (χ1v) is 6.95. The fourth-order valence-corrected chi connectivity index (χ4v) is 1.96. The quantitative estimate of drug-likeness (QED) is 0.770. The third kappa shape index (κ3) is 3.45. The molecule has 0 radical (unpaired) electrons. The third-order valence-electron chi connectivity index (χ3n) is 3.09. The van der Waals surface area contributed by atoms with Crippen molar-refractivity contribution in [3.63, 3.8) is 0 Å². The zero-order chi connectivity index (χ0) is 14.7. The Hall–Kier alpha value is -1.68. The molecular formula is C16H14BrFO2. The molecule has 4 heteroatoms. The Kier molecular flexibility index (Phi) is 4.55. The molecule has 0 bridgehead atoms. The van der Waals surface area contributed by atoms with E-state index in [1.54, 1.807) is 18.2 Å². The van der Waals surface area contributed by atoms with E-state index in [1.807, 2.05) is 26.0 Å². The molecule has 0 N–H and O–H groups in total. The normalized spacial score (nSPS) is 10.4. The lowest BCUT2D eigenvalue weighted by molar-refractivity contribution is 0.0921. The van der Waals surface area contributed by atoms with Crippen LogP contribution in [0.25, 0.3) is 0 Å². The average Bonchev–Trinajstić information content (AvgIpc) is 2.43. The van der Waals surface area contributed by atoms with Gasteiger partial charge in [-0.05, 0) is 59.1 Å². The van der Waals surface area contributed by atoms with Gasteiger partial charge in [0.1, 0.15) is 11.6 Å². The molecule has 2 aromatic rings. The summed E-state index contributed by atoms with van der Waals surface area (Å²) in [6, 6.07) is 9.92. The lowest BCUT2D eigenvalue weighted by atomic mass is 10.0. The van der Waals surface area contributed by atoms with E-state index < -0.39 is 5.82 Å². The predicted octanol–water partition coefficient (Wildman–Crippen LogP) is 4.47. The predicted molar refractivity (Wildman–Crippen MR) is 79.8 cm³/mol. The molecule has 2 nitrogen and oxygen atoms in total. The summed E-state index contributed by atoms with van der Waals surface area (Å²) in [6.45, 7) is 3.84. The monoisotopic (exact) mass is 336 g/mol. The van der Waals surface area contributed by atoms with Crippen molar-refractivity contribution in [2.75, 3.05) is 6.61 Å². The molecule has 0 unspecified atom stereocenters. The zero-order valence-corrected chi connectivity index (χ0v) is 12.8. The molecule has 0 saturated carbocycles. The summed E-state index contributed by atoms with van der Waals surface area (Å²) in [5.41, 5.74) is 2.80. The van der Waals surface area contributed by atoms with E-state index in [4.69, 9.17) is 4.74 Å². The van der Waals surface area contributed by atoms with Crippen molar-refractivity contribution in [1.82, 2.24) is 0 Å². The van der Waals surface area contributed by atoms with Crippen molar-refractivity contribution in [3.8, 4) is 5.75 Å². The van der Waals surface area contributed by atoms with Crippen LogP contribution in [0.1, 0.15) is 21.5 Å². The van der Waals surface area contributed by atoms with Gasteiger partial charge in [0.25, 0.3) is 0 Å². The van der Waals surface area contributed by atoms with Gasteiger partial charge in [-0.1, -0.05) is 12.1 Å². The van der Waals surface area contributed by atoms with Gasteiger partial charge in [0.05, 0.1) is 4.47 Å². The maximum Gasteiger partial charge on any atom is 0.200 e. The van der Waals surface area contributed by atoms with Crippen LogP contribution in [0.5, 0.6) is 5.75 Å². The fourth-order valence-electron chi connectivity index (χ4n) is 1.71. The Morgan fingerprint density at radius 2 is 1.90 bits per heavy atom. The summed E-state index contributed by atoms with van der Waals surface area (Å²) >= 11 is 3.06. The van der Waals surface area contributed by atoms with Crippen molar-refractivity contribution in [2.24, 2.45) is 0 Å². The van der Waals surface area contributed by atoms with Gasteiger partial charge in [0, 0.05) is 11.6 Å². The third-order valence-corrected chi connectivity index (χ3v) is 3.73. The van der Waals surface area contributed by atoms with Gasteiger partial charge >= 0.3 is 0 Å². The molecule has 0 aliphatic rings. The summed E-state index contributed by atoms with van der Waals surface area (Å²) in [6.07, 6.45) is 0. The van der Waals surface area contributed by atoms with E-state index in [9.17, 15) is 9.18 Å². The Morgan fingerprint density at radius 1 is 1.15 bits per heavy atom. The number of carbonyl (C=O) groups is 1. The average molecular weight is 337 g/mol. The first kappa shape index (κ1) is 14.7. The molecular weight excluding hydrogens is 323 g/mol. The second-order valence-electron chi connectivity index (χ2n) is 4.59. The molecule has 0 fully saturated rings. The zero-order valence-electron chi connectivity index (χ0n) is 11.2. The highest BCUT2D eigenvalue weighted by Crippen LogP contribution is 2.21. The van der Waals surface area contributed by atoms with Gasteiger partial charge in [-0.3, -0.25) is 4.79 Å². The van der Waals surface area contributed by atoms with Crippen LogP contribution in [0.3, 0.4) is 0 Å². The topological polar surface area (TPSA) is 26.3 Å². The van der Waals surface area contributed by atoms with Crippen LogP contribution >= 0.6 is 15.9 Å². The smallest absolute Gasteiger partial charge is 0.200 e. The number of rotatable bonds is 4. The summed E-state index contributed by atoms with van der Waals surface area (Å²) in [5, 5.41) is 0. The molecule has 0 aliphatic carbocycles. The van der Waals surface area contributed by atoms with Crippen LogP contribution < -0.4 is 4.74 Å². The minimum Gasteiger partial charge on any atom is -0.485 e. The van der Waals surface area contributed by atoms with Crippen LogP contribution in [0, 0.1) is 19.7 Å². The lowest BCUT2D eigenvalue weighted by Crippen LogP contribution is -2.12. The maximum atomic E-state index is 13.3. The van der Waals surface area contributed by atoms with E-state index in [-0.39, 0.29) is 12.4 Å². The Morgan fingerprint density at radius 3 is 2.55 bits per heavy atom. The molecule has 0 heterocycles. The molecule has 0 aromatic heterocycles. The Bertz CT molecular complexity index is 653. The van der Waals surface area contributed by atoms with Gasteiger partial charge < -0.3 is 4.74 Å². The molecule has 0 atom stereocenters. The van der Waals surface area contributed by atoms with E-state index in [0.29, 0.717) is 15.8 Å². The SMILES string of the molecule is Cc1ccc(C(=O)COc2ccc(Br)c(F)c2)cc1C. The summed E-state index contributed by atoms with van der Waals surface area (Å²) in [5.74, 6) is -0.208. The number of ketones is 1. The molecule has 0 amide bonds. The first-order chi connectivity index (χ1) is 9.47. The van der Waals surface area contributed by atoms with Crippen molar-refractivity contribution in [2.45, 2.75) is 13.8 Å². The van der Waals surface area contributed by atoms with Gasteiger partial charge in [0.15, 0.2) is 12.4 Å². The second-order valence-corrected chi connectivity index (χ2v) is 5.44. The first-order valence-electron chi connectivity index (χ1n) is 6.15. The van der Waals surface area contributed by atoms with E-state index in [1.165, 1.54) is 6.07 Å². The van der Waals surface area contributed by atoms with Gasteiger partial charge in [-0.25, -0.2) is 4.39 Å². The minimum absolute atomic E-state index is 0.108. The Balaban J connectivity index is 2.04. The number of ether oxygens (including phenoxy) is 1. The Labute approximate surface area is 125 Å². The van der Waals surface area contributed by atoms with Crippen LogP contribution in [-0.4, -0.2) is 12.4 Å². The highest BCUT2D eigenvalue weighted by atomic mass is 79.9. The maximum absolute atomic E-state index is 13.3. The number of benzene rings is 2.